The van der Waals surface area contributed by atoms with E-state index in [1.165, 1.54) is 91.2 Å². The third-order valence-electron chi connectivity index (χ3n) is 9.48. The molecule has 322 valence electrons. The van der Waals surface area contributed by atoms with Crippen LogP contribution in [0.5, 0.6) is 51.7 Å². The summed E-state index contributed by atoms with van der Waals surface area (Å²) in [6.45, 7) is 3.53. The van der Waals surface area contributed by atoms with Gasteiger partial charge in [-0.3, -0.25) is 9.59 Å². The predicted molar refractivity (Wildman–Crippen MR) is 226 cm³/mol. The van der Waals surface area contributed by atoms with Crippen LogP contribution in [0.4, 0.5) is 8.78 Å². The van der Waals surface area contributed by atoms with E-state index in [9.17, 15) is 33.7 Å². The van der Waals surface area contributed by atoms with E-state index in [0.717, 1.165) is 5.56 Å². The van der Waals surface area contributed by atoms with Gasteiger partial charge in [-0.1, -0.05) is 5.16 Å². The Labute approximate surface area is 355 Å². The largest absolute Gasteiger partial charge is 0.508 e. The van der Waals surface area contributed by atoms with Crippen LogP contribution in [0.25, 0.3) is 22.2 Å². The van der Waals surface area contributed by atoms with Crippen molar-refractivity contribution in [1.29, 1.82) is 0 Å². The van der Waals surface area contributed by atoms with Gasteiger partial charge in [-0.05, 0) is 85.6 Å². The van der Waals surface area contributed by atoms with E-state index in [2.05, 4.69) is 5.16 Å². The Bertz CT molecular complexity index is 2750. The molecule has 0 spiro atoms. The van der Waals surface area contributed by atoms with Gasteiger partial charge in [-0.2, -0.15) is 0 Å². The van der Waals surface area contributed by atoms with Crippen LogP contribution >= 0.6 is 0 Å². The monoisotopic (exact) mass is 851 g/mol. The second-order valence-electron chi connectivity index (χ2n) is 13.3. The highest BCUT2D eigenvalue weighted by molar-refractivity contribution is 6.12. The Morgan fingerprint density at radius 1 is 0.516 bits per heavy atom. The molecule has 13 nitrogen and oxygen atoms in total. The fraction of sp³-hybridized carbons (Fsp3) is 0.170. The van der Waals surface area contributed by atoms with Crippen molar-refractivity contribution in [3.8, 4) is 63.0 Å². The molecule has 7 aromatic rings. The molecule has 1 heterocycles. The number of carbonyl (C=O) groups excluding carboxylic acids is 2. The van der Waals surface area contributed by atoms with Gasteiger partial charge in [0, 0.05) is 42.0 Å². The molecule has 0 saturated carbocycles. The van der Waals surface area contributed by atoms with Crippen LogP contribution in [-0.2, 0) is 0 Å². The molecule has 3 N–H and O–H groups in total. The van der Waals surface area contributed by atoms with Crippen LogP contribution < -0.4 is 28.4 Å². The first-order valence-corrected chi connectivity index (χ1v) is 18.5. The van der Waals surface area contributed by atoms with E-state index in [1.54, 1.807) is 62.4 Å². The highest BCUT2D eigenvalue weighted by atomic mass is 19.1. The standard InChI is InChI=1S/C17H17FO4.C16H15FO4.C14H11NO4/c1-10-7-13(16(22-4)9-15(10)21-3)17(19)12-6-5-11(20-2)8-14(12)18;1-19-10-4-6-12(14(17)8-10)16(18)13-7-5-11(20-2)9-15(13)21-3;1-7-4-10(12(18)6-11(7)17)14-9-3-2-8(16)5-13(9)19-15-14/h5-9H,1-4H3;4-9H,1-3H3;2-6,16-18H,1H3. The molecule has 6 aromatic carbocycles. The third kappa shape index (κ3) is 9.96. The lowest BCUT2D eigenvalue weighted by atomic mass is 9.99. The molecule has 62 heavy (non-hydrogen) atoms. The number of fused-ring (bicyclic) bond motifs is 1. The lowest BCUT2D eigenvalue weighted by Crippen LogP contribution is -2.07. The van der Waals surface area contributed by atoms with Gasteiger partial charge in [0.15, 0.2) is 17.1 Å². The van der Waals surface area contributed by atoms with Gasteiger partial charge in [0.05, 0.1) is 70.3 Å². The number of aryl methyl sites for hydroxylation is 2. The maximum Gasteiger partial charge on any atom is 0.199 e. The van der Waals surface area contributed by atoms with Crippen LogP contribution in [0.2, 0.25) is 0 Å². The molecule has 7 rings (SSSR count). The molecule has 0 unspecified atom stereocenters. The Morgan fingerprint density at radius 3 is 1.56 bits per heavy atom. The average Bonchev–Trinajstić information content (AvgIpc) is 3.69. The average molecular weight is 852 g/mol. The van der Waals surface area contributed by atoms with Gasteiger partial charge in [-0.25, -0.2) is 8.78 Å². The summed E-state index contributed by atoms with van der Waals surface area (Å²) >= 11 is 0. The number of ether oxygens (including phenoxy) is 6. The van der Waals surface area contributed by atoms with Crippen molar-refractivity contribution in [2.75, 3.05) is 42.7 Å². The van der Waals surface area contributed by atoms with E-state index in [-0.39, 0.29) is 39.5 Å². The first-order chi connectivity index (χ1) is 29.7. The van der Waals surface area contributed by atoms with Crippen molar-refractivity contribution < 1.29 is 66.6 Å². The van der Waals surface area contributed by atoms with Crippen molar-refractivity contribution >= 4 is 22.5 Å². The number of phenols is 3. The van der Waals surface area contributed by atoms with Gasteiger partial charge < -0.3 is 48.3 Å². The summed E-state index contributed by atoms with van der Waals surface area (Å²) in [7, 11) is 8.81. The Kier molecular flexibility index (Phi) is 14.6. The van der Waals surface area contributed by atoms with E-state index < -0.39 is 23.2 Å². The normalized spacial score (nSPS) is 10.4. The van der Waals surface area contributed by atoms with Gasteiger partial charge in [0.1, 0.15) is 69.1 Å². The second kappa shape index (κ2) is 20.0. The number of aromatic hydroxyl groups is 3. The summed E-state index contributed by atoms with van der Waals surface area (Å²) in [5.74, 6) is 0.353. The minimum atomic E-state index is -0.641. The van der Waals surface area contributed by atoms with E-state index in [4.69, 9.17) is 32.9 Å². The van der Waals surface area contributed by atoms with E-state index in [0.29, 0.717) is 62.3 Å². The lowest BCUT2D eigenvalue weighted by molar-refractivity contribution is 0.102. The summed E-state index contributed by atoms with van der Waals surface area (Å²) < 4.78 is 63.7. The van der Waals surface area contributed by atoms with Crippen molar-refractivity contribution in [2.24, 2.45) is 0 Å². The molecule has 15 heteroatoms. The maximum absolute atomic E-state index is 14.1. The first kappa shape index (κ1) is 45.3. The molecule has 0 aliphatic carbocycles. The van der Waals surface area contributed by atoms with E-state index >= 15 is 0 Å². The highest BCUT2D eigenvalue weighted by Gasteiger charge is 2.22. The maximum atomic E-state index is 14.1. The number of nitrogens with zero attached hydrogens (tertiary/aromatic N) is 1. The van der Waals surface area contributed by atoms with Gasteiger partial charge >= 0.3 is 0 Å². The van der Waals surface area contributed by atoms with Crippen molar-refractivity contribution in [3.05, 3.63) is 142 Å². The highest BCUT2D eigenvalue weighted by Crippen LogP contribution is 2.38. The van der Waals surface area contributed by atoms with E-state index in [1.807, 2.05) is 0 Å². The first-order valence-electron chi connectivity index (χ1n) is 18.5. The molecule has 1 aromatic heterocycles. The molecular weight excluding hydrogens is 809 g/mol. The number of methoxy groups -OCH3 is 6. The second-order valence-corrected chi connectivity index (χ2v) is 13.3. The third-order valence-corrected chi connectivity index (χ3v) is 9.48. The Morgan fingerprint density at radius 2 is 1.03 bits per heavy atom. The summed E-state index contributed by atoms with van der Waals surface area (Å²) in [5.41, 5.74) is 3.23. The number of hydrogen-bond donors (Lipinski definition) is 3. The zero-order chi connectivity index (χ0) is 45.2. The molecule has 0 fully saturated rings. The summed E-state index contributed by atoms with van der Waals surface area (Å²) in [6, 6.07) is 23.7. The summed E-state index contributed by atoms with van der Waals surface area (Å²) in [6.07, 6.45) is 0. The molecule has 0 bridgehead atoms. The number of rotatable bonds is 11. The fourth-order valence-electron chi connectivity index (χ4n) is 6.12. The molecule has 0 amide bonds. The smallest absolute Gasteiger partial charge is 0.199 e. The van der Waals surface area contributed by atoms with Gasteiger partial charge in [-0.15, -0.1) is 0 Å². The topological polar surface area (TPSA) is 176 Å². The SMILES string of the molecule is COc1ccc(C(=O)c2cc(C)c(OC)cc2OC)c(F)c1.COc1ccc(C(=O)c2ccc(OC)cc2OC)c(F)c1.Cc1cc(-c2noc3cc(O)ccc23)c(O)cc1O. The van der Waals surface area contributed by atoms with Crippen LogP contribution in [0.15, 0.2) is 102 Å². The molecule has 0 aliphatic heterocycles. The van der Waals surface area contributed by atoms with Crippen LogP contribution in [-0.4, -0.2) is 74.7 Å². The summed E-state index contributed by atoms with van der Waals surface area (Å²) in [5, 5.41) is 33.4. The van der Waals surface area contributed by atoms with Gasteiger partial charge in [0.25, 0.3) is 0 Å². The lowest BCUT2D eigenvalue weighted by Gasteiger charge is -2.13. The van der Waals surface area contributed by atoms with Crippen LogP contribution in [0.1, 0.15) is 43.0 Å². The number of hydrogen-bond acceptors (Lipinski definition) is 13. The zero-order valence-electron chi connectivity index (χ0n) is 35.0. The molecule has 0 atom stereocenters. The minimum Gasteiger partial charge on any atom is -0.508 e. The van der Waals surface area contributed by atoms with Gasteiger partial charge in [0.2, 0.25) is 0 Å². The molecular formula is C47H43F2NO12. The molecule has 0 aliphatic rings. The Hall–Kier alpha value is -7.81. The molecule has 0 radical (unpaired) electrons. The number of phenolic OH excluding ortho intramolecular Hbond substituents is 3. The van der Waals surface area contributed by atoms with Crippen molar-refractivity contribution in [1.82, 2.24) is 5.16 Å². The zero-order valence-corrected chi connectivity index (χ0v) is 35.0. The minimum absolute atomic E-state index is 0.0201. The Balaban J connectivity index is 0.000000176. The van der Waals surface area contributed by atoms with Crippen molar-refractivity contribution in [3.63, 3.8) is 0 Å². The predicted octanol–water partition coefficient (Wildman–Crippen LogP) is 9.39. The quantitative estimate of drug-likeness (QED) is 0.105. The summed E-state index contributed by atoms with van der Waals surface area (Å²) in [4.78, 5) is 25.0. The number of halogens is 2. The number of aromatic nitrogens is 1. The fourth-order valence-corrected chi connectivity index (χ4v) is 6.12. The van der Waals surface area contributed by atoms with Crippen LogP contribution in [0.3, 0.4) is 0 Å². The molecule has 0 saturated heterocycles. The van der Waals surface area contributed by atoms with Crippen LogP contribution in [0, 0.1) is 25.5 Å². The number of carbonyl (C=O) groups is 2. The number of benzene rings is 6. The van der Waals surface area contributed by atoms with Crippen molar-refractivity contribution in [2.45, 2.75) is 13.8 Å². The number of ketones is 2.